The summed E-state index contributed by atoms with van der Waals surface area (Å²) in [4.78, 5) is 28.1. The van der Waals surface area contributed by atoms with E-state index >= 15 is 0 Å². The van der Waals surface area contributed by atoms with Crippen molar-refractivity contribution in [2.75, 3.05) is 11.9 Å². The smallest absolute Gasteiger partial charge is 0.327 e. The minimum atomic E-state index is -0.216. The standard InChI is InChI=1S/C27H33N7O2/c1-16-4-6-18(7-5-16)33-27(9-10-27)15-36-23-8-11-28-21-12-17(2)20(13-19(21)23)30-25-29-14-22-24(31-25)32-26(35)34(22)3/h8,11-14,16,18,33H,4-7,9-10,15H2,1-3H3,(H2,29,30,31,32,35). The van der Waals surface area contributed by atoms with Crippen molar-refractivity contribution in [3.63, 3.8) is 0 Å². The number of hydrogen-bond donors (Lipinski definition) is 3. The zero-order valence-corrected chi connectivity index (χ0v) is 21.1. The van der Waals surface area contributed by atoms with Crippen LogP contribution in [0.4, 0.5) is 11.6 Å². The molecule has 0 saturated heterocycles. The number of H-pyrrole nitrogens is 1. The van der Waals surface area contributed by atoms with Crippen LogP contribution in [0.2, 0.25) is 0 Å². The fraction of sp³-hybridized carbons (Fsp3) is 0.481. The number of nitrogens with zero attached hydrogens (tertiary/aromatic N) is 4. The number of benzene rings is 1. The number of aromatic amines is 1. The summed E-state index contributed by atoms with van der Waals surface area (Å²) >= 11 is 0. The topological polar surface area (TPSA) is 110 Å². The number of fused-ring (bicyclic) bond motifs is 2. The number of nitrogens with one attached hydrogen (secondary N) is 3. The van der Waals surface area contributed by atoms with Crippen molar-refractivity contribution in [3.05, 3.63) is 46.6 Å². The van der Waals surface area contributed by atoms with Gasteiger partial charge >= 0.3 is 5.69 Å². The maximum absolute atomic E-state index is 11.9. The van der Waals surface area contributed by atoms with E-state index in [1.54, 1.807) is 13.2 Å². The third kappa shape index (κ3) is 4.43. The van der Waals surface area contributed by atoms with Gasteiger partial charge in [0.05, 0.1) is 17.3 Å². The van der Waals surface area contributed by atoms with Crippen molar-refractivity contribution < 1.29 is 4.74 Å². The third-order valence-corrected chi connectivity index (χ3v) is 7.84. The van der Waals surface area contributed by atoms with Crippen LogP contribution >= 0.6 is 0 Å². The van der Waals surface area contributed by atoms with Crippen molar-refractivity contribution in [1.29, 1.82) is 0 Å². The van der Waals surface area contributed by atoms with Crippen LogP contribution in [0.15, 0.2) is 35.4 Å². The molecule has 3 N–H and O–H groups in total. The van der Waals surface area contributed by atoms with E-state index in [9.17, 15) is 4.79 Å². The fourth-order valence-electron chi connectivity index (χ4n) is 5.26. The molecule has 2 fully saturated rings. The SMILES string of the molecule is Cc1cc2nccc(OCC3(NC4CCC(C)CC4)CC3)c2cc1Nc1ncc2c(n1)[nH]c(=O)n2C. The Labute approximate surface area is 209 Å². The summed E-state index contributed by atoms with van der Waals surface area (Å²) in [5.41, 5.74) is 3.82. The zero-order chi connectivity index (χ0) is 24.9. The molecule has 0 atom stereocenters. The first kappa shape index (κ1) is 23.0. The lowest BCUT2D eigenvalue weighted by Gasteiger charge is -2.31. The Kier molecular flexibility index (Phi) is 5.67. The summed E-state index contributed by atoms with van der Waals surface area (Å²) in [5, 5.41) is 8.17. The molecule has 0 amide bonds. The van der Waals surface area contributed by atoms with E-state index in [0.29, 0.717) is 29.8 Å². The van der Waals surface area contributed by atoms with Gasteiger partial charge in [-0.3, -0.25) is 14.5 Å². The molecule has 188 valence electrons. The van der Waals surface area contributed by atoms with Crippen LogP contribution < -0.4 is 21.1 Å². The highest BCUT2D eigenvalue weighted by molar-refractivity contribution is 5.90. The minimum absolute atomic E-state index is 0.0997. The van der Waals surface area contributed by atoms with Crippen molar-refractivity contribution in [2.24, 2.45) is 13.0 Å². The van der Waals surface area contributed by atoms with Crippen LogP contribution in [-0.2, 0) is 7.05 Å². The van der Waals surface area contributed by atoms with E-state index in [1.807, 2.05) is 31.3 Å². The first-order chi connectivity index (χ1) is 17.4. The second-order valence-electron chi connectivity index (χ2n) is 10.7. The molecule has 0 radical (unpaired) electrons. The number of imidazole rings is 1. The molecule has 2 aliphatic rings. The first-order valence-corrected chi connectivity index (χ1v) is 12.9. The molecule has 6 rings (SSSR count). The Bertz CT molecular complexity index is 1480. The van der Waals surface area contributed by atoms with Crippen LogP contribution in [0.5, 0.6) is 5.75 Å². The summed E-state index contributed by atoms with van der Waals surface area (Å²) in [6, 6.07) is 6.64. The quantitative estimate of drug-likeness (QED) is 0.356. The Balaban J connectivity index is 1.22. The molecule has 0 bridgehead atoms. The van der Waals surface area contributed by atoms with E-state index in [0.717, 1.165) is 46.7 Å². The van der Waals surface area contributed by atoms with Gasteiger partial charge in [-0.25, -0.2) is 9.78 Å². The van der Waals surface area contributed by atoms with Gasteiger partial charge in [0.15, 0.2) is 5.65 Å². The van der Waals surface area contributed by atoms with Crippen LogP contribution in [0.3, 0.4) is 0 Å². The van der Waals surface area contributed by atoms with Gasteiger partial charge in [-0.1, -0.05) is 6.92 Å². The zero-order valence-electron chi connectivity index (χ0n) is 21.1. The Hall–Kier alpha value is -3.46. The minimum Gasteiger partial charge on any atom is -0.491 e. The van der Waals surface area contributed by atoms with Gasteiger partial charge in [-0.2, -0.15) is 4.98 Å². The lowest BCUT2D eigenvalue weighted by molar-refractivity contribution is 0.214. The summed E-state index contributed by atoms with van der Waals surface area (Å²) in [6.07, 6.45) is 10.9. The molecule has 2 aliphatic carbocycles. The van der Waals surface area contributed by atoms with Crippen molar-refractivity contribution in [2.45, 2.75) is 64.0 Å². The van der Waals surface area contributed by atoms with Gasteiger partial charge in [0.25, 0.3) is 0 Å². The fourth-order valence-corrected chi connectivity index (χ4v) is 5.26. The molecular weight excluding hydrogens is 454 g/mol. The van der Waals surface area contributed by atoms with Crippen molar-refractivity contribution in [3.8, 4) is 5.75 Å². The van der Waals surface area contributed by atoms with E-state index < -0.39 is 0 Å². The second-order valence-corrected chi connectivity index (χ2v) is 10.7. The Morgan fingerprint density at radius 2 is 2.00 bits per heavy atom. The summed E-state index contributed by atoms with van der Waals surface area (Å²) in [7, 11) is 1.69. The number of aryl methyl sites for hydroxylation is 2. The number of anilines is 2. The lowest BCUT2D eigenvalue weighted by atomic mass is 9.87. The van der Waals surface area contributed by atoms with Crippen LogP contribution in [0.1, 0.15) is 51.0 Å². The average Bonchev–Trinajstić information content (AvgIpc) is 3.57. The van der Waals surface area contributed by atoms with Gasteiger partial charge in [0, 0.05) is 30.4 Å². The van der Waals surface area contributed by atoms with Crippen LogP contribution in [-0.4, -0.2) is 42.7 Å². The lowest BCUT2D eigenvalue weighted by Crippen LogP contribution is -2.45. The van der Waals surface area contributed by atoms with Crippen LogP contribution in [0.25, 0.3) is 22.1 Å². The second kappa shape index (κ2) is 8.89. The Morgan fingerprint density at radius 1 is 1.19 bits per heavy atom. The highest BCUT2D eigenvalue weighted by atomic mass is 16.5. The van der Waals surface area contributed by atoms with Crippen LogP contribution in [0, 0.1) is 12.8 Å². The number of aromatic nitrogens is 5. The maximum atomic E-state index is 11.9. The number of ether oxygens (including phenoxy) is 1. The van der Waals surface area contributed by atoms with Crippen molar-refractivity contribution >= 4 is 33.7 Å². The molecule has 9 heteroatoms. The molecule has 0 unspecified atom stereocenters. The molecule has 1 aromatic carbocycles. The summed E-state index contributed by atoms with van der Waals surface area (Å²) in [5.74, 6) is 2.10. The number of pyridine rings is 1. The number of hydrogen-bond acceptors (Lipinski definition) is 7. The van der Waals surface area contributed by atoms with Gasteiger partial charge in [0.2, 0.25) is 5.95 Å². The number of rotatable bonds is 7. The monoisotopic (exact) mass is 487 g/mol. The molecule has 2 saturated carbocycles. The molecule has 0 spiro atoms. The highest BCUT2D eigenvalue weighted by Crippen LogP contribution is 2.39. The van der Waals surface area contributed by atoms with E-state index in [-0.39, 0.29) is 11.2 Å². The van der Waals surface area contributed by atoms with E-state index in [1.165, 1.54) is 30.3 Å². The van der Waals surface area contributed by atoms with E-state index in [4.69, 9.17) is 4.74 Å². The molecular formula is C27H33N7O2. The maximum Gasteiger partial charge on any atom is 0.327 e. The third-order valence-electron chi connectivity index (χ3n) is 7.84. The van der Waals surface area contributed by atoms with Gasteiger partial charge < -0.3 is 15.4 Å². The molecule has 36 heavy (non-hydrogen) atoms. The predicted octanol–water partition coefficient (Wildman–Crippen LogP) is 4.34. The Morgan fingerprint density at radius 3 is 2.78 bits per heavy atom. The highest BCUT2D eigenvalue weighted by Gasteiger charge is 2.45. The largest absolute Gasteiger partial charge is 0.491 e. The molecule has 9 nitrogen and oxygen atoms in total. The molecule has 4 aromatic rings. The van der Waals surface area contributed by atoms with Gasteiger partial charge in [-0.15, -0.1) is 0 Å². The predicted molar refractivity (Wildman–Crippen MR) is 141 cm³/mol. The van der Waals surface area contributed by atoms with Gasteiger partial charge in [-0.05, 0) is 75.1 Å². The molecule has 3 aromatic heterocycles. The molecule has 0 aliphatic heterocycles. The molecule has 3 heterocycles. The van der Waals surface area contributed by atoms with Crippen molar-refractivity contribution in [1.82, 2.24) is 29.8 Å². The van der Waals surface area contributed by atoms with E-state index in [2.05, 4.69) is 37.5 Å². The summed E-state index contributed by atoms with van der Waals surface area (Å²) in [6.45, 7) is 5.04. The summed E-state index contributed by atoms with van der Waals surface area (Å²) < 4.78 is 7.92. The average molecular weight is 488 g/mol. The first-order valence-electron chi connectivity index (χ1n) is 12.9. The van der Waals surface area contributed by atoms with Gasteiger partial charge in [0.1, 0.15) is 17.9 Å². The normalized spacial score (nSPS) is 21.1.